The molecule has 0 aliphatic carbocycles. The summed E-state index contributed by atoms with van der Waals surface area (Å²) in [5, 5.41) is 3.07. The van der Waals surface area contributed by atoms with Crippen LogP contribution in [0.4, 0.5) is 10.2 Å². The van der Waals surface area contributed by atoms with Crippen molar-refractivity contribution in [2.75, 3.05) is 18.5 Å². The van der Waals surface area contributed by atoms with Crippen molar-refractivity contribution in [2.24, 2.45) is 0 Å². The van der Waals surface area contributed by atoms with Gasteiger partial charge in [0.05, 0.1) is 12.1 Å². The van der Waals surface area contributed by atoms with E-state index < -0.39 is 0 Å². The Morgan fingerprint density at radius 1 is 1.64 bits per heavy atom. The first kappa shape index (κ1) is 9.40. The van der Waals surface area contributed by atoms with Crippen LogP contribution in [0.2, 0.25) is 0 Å². The molecular weight excluding hydrogens is 183 g/mol. The molecule has 0 saturated carbocycles. The number of ether oxygens (including phenoxy) is 1. The van der Waals surface area contributed by atoms with Gasteiger partial charge in [0.25, 0.3) is 0 Å². The second kappa shape index (κ2) is 3.53. The van der Waals surface area contributed by atoms with Crippen LogP contribution < -0.4 is 5.32 Å². The van der Waals surface area contributed by atoms with Gasteiger partial charge in [-0.25, -0.2) is 9.37 Å². The summed E-state index contributed by atoms with van der Waals surface area (Å²) < 4.78 is 18.5. The molecule has 1 aliphatic rings. The van der Waals surface area contributed by atoms with E-state index in [1.54, 1.807) is 12.3 Å². The zero-order valence-corrected chi connectivity index (χ0v) is 8.09. The van der Waals surface area contributed by atoms with E-state index in [1.165, 1.54) is 6.07 Å². The Hall–Kier alpha value is -1.16. The molecule has 76 valence electrons. The molecule has 1 saturated heterocycles. The molecule has 0 radical (unpaired) electrons. The first-order valence-electron chi connectivity index (χ1n) is 4.66. The van der Waals surface area contributed by atoms with Crippen molar-refractivity contribution in [3.8, 4) is 0 Å². The van der Waals surface area contributed by atoms with Crippen LogP contribution in [0.5, 0.6) is 0 Å². The van der Waals surface area contributed by atoms with Gasteiger partial charge in [0, 0.05) is 12.8 Å². The van der Waals surface area contributed by atoms with Crippen LogP contribution in [-0.4, -0.2) is 23.7 Å². The van der Waals surface area contributed by atoms with Crippen molar-refractivity contribution in [1.29, 1.82) is 0 Å². The number of pyridine rings is 1. The lowest BCUT2D eigenvalue weighted by atomic mass is 10.0. The molecule has 3 nitrogen and oxygen atoms in total. The number of nitrogens with zero attached hydrogens (tertiary/aromatic N) is 1. The van der Waals surface area contributed by atoms with Crippen molar-refractivity contribution in [1.82, 2.24) is 4.98 Å². The highest BCUT2D eigenvalue weighted by atomic mass is 19.1. The molecule has 0 bridgehead atoms. The molecule has 4 heteroatoms. The van der Waals surface area contributed by atoms with E-state index in [4.69, 9.17) is 4.74 Å². The van der Waals surface area contributed by atoms with Crippen molar-refractivity contribution < 1.29 is 9.13 Å². The second-order valence-corrected chi connectivity index (χ2v) is 3.82. The van der Waals surface area contributed by atoms with Gasteiger partial charge in [0.1, 0.15) is 0 Å². The Kier molecular flexibility index (Phi) is 2.37. The number of rotatable bonds is 2. The number of aromatic nitrogens is 1. The zero-order valence-electron chi connectivity index (χ0n) is 8.09. The van der Waals surface area contributed by atoms with Crippen LogP contribution in [0.3, 0.4) is 0 Å². The second-order valence-electron chi connectivity index (χ2n) is 3.82. The highest BCUT2D eigenvalue weighted by Crippen LogP contribution is 2.23. The lowest BCUT2D eigenvalue weighted by Crippen LogP contribution is -2.35. The van der Waals surface area contributed by atoms with Gasteiger partial charge in [-0.3, -0.25) is 0 Å². The molecule has 0 spiro atoms. The number of anilines is 1. The maximum absolute atomic E-state index is 13.2. The smallest absolute Gasteiger partial charge is 0.165 e. The summed E-state index contributed by atoms with van der Waals surface area (Å²) in [7, 11) is 0. The Bertz CT molecular complexity index is 324. The van der Waals surface area contributed by atoms with E-state index in [9.17, 15) is 4.39 Å². The van der Waals surface area contributed by atoms with Gasteiger partial charge in [0.2, 0.25) is 0 Å². The molecule has 0 aromatic carbocycles. The summed E-state index contributed by atoms with van der Waals surface area (Å²) in [4.78, 5) is 3.95. The molecule has 2 rings (SSSR count). The van der Waals surface area contributed by atoms with E-state index in [1.807, 2.05) is 6.92 Å². The fraction of sp³-hybridized carbons (Fsp3) is 0.500. The van der Waals surface area contributed by atoms with Crippen LogP contribution in [0, 0.1) is 5.82 Å². The predicted molar refractivity (Wildman–Crippen MR) is 51.7 cm³/mol. The van der Waals surface area contributed by atoms with Crippen LogP contribution in [0.15, 0.2) is 18.3 Å². The van der Waals surface area contributed by atoms with E-state index in [-0.39, 0.29) is 11.4 Å². The molecule has 1 unspecified atom stereocenters. The van der Waals surface area contributed by atoms with Gasteiger partial charge in [-0.2, -0.15) is 0 Å². The molecule has 1 aromatic rings. The average molecular weight is 196 g/mol. The van der Waals surface area contributed by atoms with Crippen molar-refractivity contribution in [2.45, 2.75) is 18.9 Å². The lowest BCUT2D eigenvalue weighted by Gasteiger charge is -2.24. The topological polar surface area (TPSA) is 34.2 Å². The molecule has 1 fully saturated rings. The van der Waals surface area contributed by atoms with Crippen molar-refractivity contribution >= 4 is 5.82 Å². The minimum atomic E-state index is -0.319. The Balaban J connectivity index is 2.14. The molecule has 2 heterocycles. The van der Waals surface area contributed by atoms with Gasteiger partial charge < -0.3 is 10.1 Å². The van der Waals surface area contributed by atoms with E-state index in [0.29, 0.717) is 12.4 Å². The van der Waals surface area contributed by atoms with E-state index in [2.05, 4.69) is 10.3 Å². The normalized spacial score (nSPS) is 26.4. The molecule has 1 aliphatic heterocycles. The highest BCUT2D eigenvalue weighted by molar-refractivity contribution is 5.38. The summed E-state index contributed by atoms with van der Waals surface area (Å²) in [6.07, 6.45) is 2.45. The SMILES string of the molecule is CC1(Nc2ncccc2F)CCOC1. The summed E-state index contributed by atoms with van der Waals surface area (Å²) in [5.74, 6) is -0.0128. The predicted octanol–water partition coefficient (Wildman–Crippen LogP) is 1.81. The van der Waals surface area contributed by atoms with Gasteiger partial charge in [0.15, 0.2) is 11.6 Å². The summed E-state index contributed by atoms with van der Waals surface area (Å²) in [6.45, 7) is 3.33. The zero-order chi connectivity index (χ0) is 10.0. The third kappa shape index (κ3) is 1.85. The van der Waals surface area contributed by atoms with Gasteiger partial charge in [-0.15, -0.1) is 0 Å². The monoisotopic (exact) mass is 196 g/mol. The maximum atomic E-state index is 13.2. The minimum absolute atomic E-state index is 0.185. The first-order valence-corrected chi connectivity index (χ1v) is 4.66. The molecule has 1 aromatic heterocycles. The van der Waals surface area contributed by atoms with Gasteiger partial charge in [-0.05, 0) is 25.5 Å². The Morgan fingerprint density at radius 2 is 2.50 bits per heavy atom. The Labute approximate surface area is 82.3 Å². The maximum Gasteiger partial charge on any atom is 0.165 e. The lowest BCUT2D eigenvalue weighted by molar-refractivity contribution is 0.185. The van der Waals surface area contributed by atoms with Crippen LogP contribution >= 0.6 is 0 Å². The van der Waals surface area contributed by atoms with Crippen LogP contribution in [0.25, 0.3) is 0 Å². The number of halogens is 1. The summed E-state index contributed by atoms with van der Waals surface area (Å²) in [5.41, 5.74) is -0.185. The standard InChI is InChI=1S/C10H13FN2O/c1-10(4-6-14-7-10)13-9-8(11)3-2-5-12-9/h2-3,5H,4,6-7H2,1H3,(H,12,13). The third-order valence-corrected chi connectivity index (χ3v) is 2.40. The van der Waals surface area contributed by atoms with Crippen molar-refractivity contribution in [3.05, 3.63) is 24.1 Å². The van der Waals surface area contributed by atoms with Gasteiger partial charge in [-0.1, -0.05) is 0 Å². The number of hydrogen-bond acceptors (Lipinski definition) is 3. The van der Waals surface area contributed by atoms with Crippen LogP contribution in [0.1, 0.15) is 13.3 Å². The molecule has 14 heavy (non-hydrogen) atoms. The highest BCUT2D eigenvalue weighted by Gasteiger charge is 2.30. The Morgan fingerprint density at radius 3 is 3.14 bits per heavy atom. The van der Waals surface area contributed by atoms with E-state index in [0.717, 1.165) is 13.0 Å². The third-order valence-electron chi connectivity index (χ3n) is 2.40. The summed E-state index contributed by atoms with van der Waals surface area (Å²) >= 11 is 0. The quantitative estimate of drug-likeness (QED) is 0.783. The van der Waals surface area contributed by atoms with Gasteiger partial charge >= 0.3 is 0 Å². The van der Waals surface area contributed by atoms with E-state index >= 15 is 0 Å². The molecule has 0 amide bonds. The fourth-order valence-electron chi connectivity index (χ4n) is 1.53. The first-order chi connectivity index (χ1) is 6.70. The molecular formula is C10H13FN2O. The molecule has 1 N–H and O–H groups in total. The number of hydrogen-bond donors (Lipinski definition) is 1. The van der Waals surface area contributed by atoms with Crippen molar-refractivity contribution in [3.63, 3.8) is 0 Å². The number of nitrogens with one attached hydrogen (secondary N) is 1. The van der Waals surface area contributed by atoms with Crippen LogP contribution in [-0.2, 0) is 4.74 Å². The minimum Gasteiger partial charge on any atom is -0.379 e. The average Bonchev–Trinajstić information content (AvgIpc) is 2.57. The largest absolute Gasteiger partial charge is 0.379 e. The summed E-state index contributed by atoms with van der Waals surface area (Å²) in [6, 6.07) is 2.97. The fourth-order valence-corrected chi connectivity index (χ4v) is 1.53. The molecule has 1 atom stereocenters.